The van der Waals surface area contributed by atoms with E-state index in [9.17, 15) is 9.59 Å². The SMILES string of the molecule is CCCc1occc1C(=O)N(C)C(C)(C)C(=O)O. The molecule has 0 saturated heterocycles. The lowest BCUT2D eigenvalue weighted by atomic mass is 10.0. The molecule has 0 unspecified atom stereocenters. The summed E-state index contributed by atoms with van der Waals surface area (Å²) in [6, 6.07) is 1.59. The summed E-state index contributed by atoms with van der Waals surface area (Å²) in [5.41, 5.74) is -0.814. The largest absolute Gasteiger partial charge is 0.480 e. The highest BCUT2D eigenvalue weighted by Gasteiger charge is 2.36. The molecule has 0 radical (unpaired) electrons. The summed E-state index contributed by atoms with van der Waals surface area (Å²) >= 11 is 0. The zero-order valence-corrected chi connectivity index (χ0v) is 11.2. The molecule has 1 aromatic heterocycles. The van der Waals surface area contributed by atoms with Crippen molar-refractivity contribution in [3.05, 3.63) is 23.7 Å². The van der Waals surface area contributed by atoms with Gasteiger partial charge in [0, 0.05) is 13.5 Å². The highest BCUT2D eigenvalue weighted by molar-refractivity contribution is 5.98. The van der Waals surface area contributed by atoms with Gasteiger partial charge in [-0.1, -0.05) is 6.92 Å². The first-order valence-electron chi connectivity index (χ1n) is 5.90. The minimum atomic E-state index is -1.25. The number of carbonyl (C=O) groups excluding carboxylic acids is 1. The second kappa shape index (κ2) is 5.25. The first-order valence-corrected chi connectivity index (χ1v) is 5.90. The Bertz CT molecular complexity index is 448. The van der Waals surface area contributed by atoms with E-state index in [4.69, 9.17) is 9.52 Å². The van der Waals surface area contributed by atoms with Crippen molar-refractivity contribution in [2.45, 2.75) is 39.2 Å². The molecule has 18 heavy (non-hydrogen) atoms. The van der Waals surface area contributed by atoms with E-state index in [0.29, 0.717) is 17.7 Å². The molecule has 1 heterocycles. The van der Waals surface area contributed by atoms with Crippen LogP contribution in [0.2, 0.25) is 0 Å². The lowest BCUT2D eigenvalue weighted by molar-refractivity contribution is -0.147. The molecule has 0 bridgehead atoms. The number of furan rings is 1. The van der Waals surface area contributed by atoms with Crippen LogP contribution in [0, 0.1) is 0 Å². The Morgan fingerprint density at radius 1 is 1.44 bits per heavy atom. The Morgan fingerprint density at radius 3 is 2.56 bits per heavy atom. The van der Waals surface area contributed by atoms with Gasteiger partial charge >= 0.3 is 5.97 Å². The van der Waals surface area contributed by atoms with Crippen LogP contribution in [0.4, 0.5) is 0 Å². The molecular weight excluding hydrogens is 234 g/mol. The van der Waals surface area contributed by atoms with E-state index in [1.54, 1.807) is 6.07 Å². The molecule has 1 amide bonds. The van der Waals surface area contributed by atoms with E-state index < -0.39 is 11.5 Å². The van der Waals surface area contributed by atoms with Gasteiger partial charge in [-0.3, -0.25) is 4.79 Å². The lowest BCUT2D eigenvalue weighted by Crippen LogP contribution is -2.50. The number of nitrogens with zero attached hydrogens (tertiary/aromatic N) is 1. The van der Waals surface area contributed by atoms with Gasteiger partial charge in [0.2, 0.25) is 0 Å². The van der Waals surface area contributed by atoms with E-state index in [0.717, 1.165) is 6.42 Å². The third-order valence-electron chi connectivity index (χ3n) is 3.12. The summed E-state index contributed by atoms with van der Waals surface area (Å²) in [6.45, 7) is 4.97. The Balaban J connectivity index is 3.00. The normalized spacial score (nSPS) is 11.3. The molecule has 0 aliphatic rings. The van der Waals surface area contributed by atoms with Crippen molar-refractivity contribution in [2.24, 2.45) is 0 Å². The number of likely N-dealkylation sites (N-methyl/N-ethyl adjacent to an activating group) is 1. The van der Waals surface area contributed by atoms with Gasteiger partial charge in [0.1, 0.15) is 11.3 Å². The average Bonchev–Trinajstić information content (AvgIpc) is 2.75. The molecule has 5 heteroatoms. The fourth-order valence-electron chi connectivity index (χ4n) is 1.53. The topological polar surface area (TPSA) is 70.8 Å². The molecule has 0 aliphatic heterocycles. The maximum atomic E-state index is 12.3. The van der Waals surface area contributed by atoms with Crippen LogP contribution in [0.3, 0.4) is 0 Å². The quantitative estimate of drug-likeness (QED) is 0.873. The number of aliphatic carboxylic acids is 1. The third-order valence-corrected chi connectivity index (χ3v) is 3.12. The molecule has 0 spiro atoms. The van der Waals surface area contributed by atoms with Crippen LogP contribution < -0.4 is 0 Å². The maximum absolute atomic E-state index is 12.3. The van der Waals surface area contributed by atoms with Crippen LogP contribution in [-0.2, 0) is 11.2 Å². The molecule has 100 valence electrons. The predicted molar refractivity (Wildman–Crippen MR) is 66.5 cm³/mol. The van der Waals surface area contributed by atoms with E-state index in [2.05, 4.69) is 0 Å². The average molecular weight is 253 g/mol. The van der Waals surface area contributed by atoms with Crippen molar-refractivity contribution >= 4 is 11.9 Å². The second-order valence-corrected chi connectivity index (χ2v) is 4.74. The fraction of sp³-hybridized carbons (Fsp3) is 0.538. The van der Waals surface area contributed by atoms with Crippen LogP contribution in [0.1, 0.15) is 43.3 Å². The highest BCUT2D eigenvalue weighted by Crippen LogP contribution is 2.20. The zero-order chi connectivity index (χ0) is 13.9. The van der Waals surface area contributed by atoms with E-state index in [1.807, 2.05) is 6.92 Å². The molecule has 0 saturated carbocycles. The van der Waals surface area contributed by atoms with Gasteiger partial charge < -0.3 is 14.4 Å². The Morgan fingerprint density at radius 2 is 2.06 bits per heavy atom. The summed E-state index contributed by atoms with van der Waals surface area (Å²) in [5, 5.41) is 9.11. The molecule has 1 aromatic rings. The smallest absolute Gasteiger partial charge is 0.329 e. The number of rotatable bonds is 5. The van der Waals surface area contributed by atoms with E-state index >= 15 is 0 Å². The maximum Gasteiger partial charge on any atom is 0.329 e. The van der Waals surface area contributed by atoms with Crippen LogP contribution >= 0.6 is 0 Å². The minimum Gasteiger partial charge on any atom is -0.480 e. The summed E-state index contributed by atoms with van der Waals surface area (Å²) in [5.74, 6) is -0.769. The van der Waals surface area contributed by atoms with Gasteiger partial charge in [-0.2, -0.15) is 0 Å². The lowest BCUT2D eigenvalue weighted by Gasteiger charge is -2.31. The number of carbonyl (C=O) groups is 2. The van der Waals surface area contributed by atoms with Crippen molar-refractivity contribution in [2.75, 3.05) is 7.05 Å². The first-order chi connectivity index (χ1) is 8.32. The predicted octanol–water partition coefficient (Wildman–Crippen LogP) is 2.17. The van der Waals surface area contributed by atoms with Gasteiger partial charge in [0.15, 0.2) is 0 Å². The van der Waals surface area contributed by atoms with Gasteiger partial charge in [0.25, 0.3) is 5.91 Å². The highest BCUT2D eigenvalue weighted by atomic mass is 16.4. The summed E-state index contributed by atoms with van der Waals surface area (Å²) < 4.78 is 5.25. The molecular formula is C13H19NO4. The molecule has 1 N–H and O–H groups in total. The van der Waals surface area contributed by atoms with Crippen LogP contribution in [-0.4, -0.2) is 34.5 Å². The number of aryl methyl sites for hydroxylation is 1. The summed E-state index contributed by atoms with van der Waals surface area (Å²) in [7, 11) is 1.49. The Labute approximate surface area is 106 Å². The van der Waals surface area contributed by atoms with Gasteiger partial charge in [-0.05, 0) is 26.3 Å². The first kappa shape index (κ1) is 14.3. The van der Waals surface area contributed by atoms with Crippen molar-refractivity contribution in [3.8, 4) is 0 Å². The molecule has 0 atom stereocenters. The number of carboxylic acid groups (broad SMARTS) is 1. The molecule has 0 fully saturated rings. The van der Waals surface area contributed by atoms with Crippen molar-refractivity contribution in [1.29, 1.82) is 0 Å². The third kappa shape index (κ3) is 2.55. The molecule has 0 aromatic carbocycles. The van der Waals surface area contributed by atoms with E-state index in [1.165, 1.54) is 32.1 Å². The number of hydrogen-bond acceptors (Lipinski definition) is 3. The van der Waals surface area contributed by atoms with Crippen molar-refractivity contribution in [3.63, 3.8) is 0 Å². The Hall–Kier alpha value is -1.78. The van der Waals surface area contributed by atoms with Gasteiger partial charge in [0.05, 0.1) is 11.8 Å². The van der Waals surface area contributed by atoms with Crippen molar-refractivity contribution < 1.29 is 19.1 Å². The summed E-state index contributed by atoms with van der Waals surface area (Å²) in [4.78, 5) is 24.6. The number of carboxylic acids is 1. The van der Waals surface area contributed by atoms with E-state index in [-0.39, 0.29) is 5.91 Å². The second-order valence-electron chi connectivity index (χ2n) is 4.74. The minimum absolute atomic E-state index is 0.334. The standard InChI is InChI=1S/C13H19NO4/c1-5-6-10-9(7-8-18-10)11(15)14(4)13(2,3)12(16)17/h7-8H,5-6H2,1-4H3,(H,16,17). The van der Waals surface area contributed by atoms with Gasteiger partial charge in [-0.25, -0.2) is 4.79 Å². The Kier molecular flexibility index (Phi) is 4.16. The van der Waals surface area contributed by atoms with Crippen LogP contribution in [0.15, 0.2) is 16.7 Å². The zero-order valence-electron chi connectivity index (χ0n) is 11.2. The fourth-order valence-corrected chi connectivity index (χ4v) is 1.53. The van der Waals surface area contributed by atoms with Crippen molar-refractivity contribution in [1.82, 2.24) is 4.90 Å². The molecule has 0 aliphatic carbocycles. The summed E-state index contributed by atoms with van der Waals surface area (Å²) in [6.07, 6.45) is 2.98. The monoisotopic (exact) mass is 253 g/mol. The van der Waals surface area contributed by atoms with Gasteiger partial charge in [-0.15, -0.1) is 0 Å². The molecule has 1 rings (SSSR count). The molecule has 5 nitrogen and oxygen atoms in total. The number of amides is 1. The number of hydrogen-bond donors (Lipinski definition) is 1. The van der Waals surface area contributed by atoms with Crippen LogP contribution in [0.25, 0.3) is 0 Å². The van der Waals surface area contributed by atoms with Crippen LogP contribution in [0.5, 0.6) is 0 Å².